The van der Waals surface area contributed by atoms with Gasteiger partial charge in [0, 0.05) is 38.1 Å². The highest BCUT2D eigenvalue weighted by Gasteiger charge is 2.35. The third kappa shape index (κ3) is 4.56. The van der Waals surface area contributed by atoms with Gasteiger partial charge in [-0.3, -0.25) is 0 Å². The average molecular weight is 517 g/mol. The first kappa shape index (κ1) is 24.6. The number of para-hydroxylation sites is 1. The summed E-state index contributed by atoms with van der Waals surface area (Å²) in [5, 5.41) is 8.11. The molecule has 3 heterocycles. The molecule has 2 amide bonds. The van der Waals surface area contributed by atoms with Crippen molar-refractivity contribution in [1.29, 1.82) is 0 Å². The molecular formula is C32H32N6O. The van der Waals surface area contributed by atoms with Crippen LogP contribution in [0, 0.1) is 6.92 Å². The highest BCUT2D eigenvalue weighted by molar-refractivity contribution is 5.76. The van der Waals surface area contributed by atoms with Crippen molar-refractivity contribution in [2.24, 2.45) is 0 Å². The first-order valence-electron chi connectivity index (χ1n) is 13.2. The Hall–Kier alpha value is -4.78. The minimum atomic E-state index is -0.289. The third-order valence-electron chi connectivity index (χ3n) is 7.36. The molecule has 0 bridgehead atoms. The molecule has 1 aliphatic rings. The van der Waals surface area contributed by atoms with Crippen LogP contribution in [-0.2, 0) is 13.1 Å². The van der Waals surface area contributed by atoms with Gasteiger partial charge in [0.05, 0.1) is 29.7 Å². The van der Waals surface area contributed by atoms with E-state index in [-0.39, 0.29) is 12.1 Å². The van der Waals surface area contributed by atoms with E-state index in [9.17, 15) is 4.79 Å². The van der Waals surface area contributed by atoms with Crippen LogP contribution in [0.15, 0.2) is 103 Å². The highest BCUT2D eigenvalue weighted by atomic mass is 16.2. The smallest absolute Gasteiger partial charge is 0.318 e. The SMILES string of the molecule is Cc1nn(-c2ccccc2)c2c1CN(C(=O)NCc1ccccc1)C(c1ccc(N(C)C)cc1)c1cccn1-2. The van der Waals surface area contributed by atoms with Crippen LogP contribution in [0.3, 0.4) is 0 Å². The van der Waals surface area contributed by atoms with E-state index in [4.69, 9.17) is 5.10 Å². The van der Waals surface area contributed by atoms with E-state index >= 15 is 0 Å². The van der Waals surface area contributed by atoms with E-state index in [0.717, 1.165) is 45.3 Å². The number of anilines is 1. The van der Waals surface area contributed by atoms with Gasteiger partial charge in [-0.15, -0.1) is 0 Å². The zero-order chi connectivity index (χ0) is 26.9. The van der Waals surface area contributed by atoms with Gasteiger partial charge in [-0.1, -0.05) is 60.7 Å². The zero-order valence-electron chi connectivity index (χ0n) is 22.5. The van der Waals surface area contributed by atoms with E-state index in [1.807, 2.05) is 85.2 Å². The van der Waals surface area contributed by atoms with Crippen molar-refractivity contribution < 1.29 is 4.79 Å². The lowest BCUT2D eigenvalue weighted by atomic mass is 10.0. The number of urea groups is 1. The molecule has 2 aromatic heterocycles. The number of carbonyl (C=O) groups is 1. The zero-order valence-corrected chi connectivity index (χ0v) is 22.5. The molecule has 196 valence electrons. The summed E-state index contributed by atoms with van der Waals surface area (Å²) >= 11 is 0. The molecule has 0 radical (unpaired) electrons. The summed E-state index contributed by atoms with van der Waals surface area (Å²) in [6.45, 7) is 2.91. The van der Waals surface area contributed by atoms with Crippen molar-refractivity contribution in [2.45, 2.75) is 26.1 Å². The third-order valence-corrected chi connectivity index (χ3v) is 7.36. The fourth-order valence-corrected chi connectivity index (χ4v) is 5.33. The van der Waals surface area contributed by atoms with Crippen molar-refractivity contribution in [3.05, 3.63) is 131 Å². The number of nitrogens with zero attached hydrogens (tertiary/aromatic N) is 5. The maximum absolute atomic E-state index is 14.0. The van der Waals surface area contributed by atoms with Crippen LogP contribution in [0.2, 0.25) is 0 Å². The number of benzene rings is 3. The second kappa shape index (κ2) is 10.2. The molecule has 0 saturated heterocycles. The second-order valence-electron chi connectivity index (χ2n) is 10.1. The van der Waals surface area contributed by atoms with E-state index in [1.165, 1.54) is 0 Å². The van der Waals surface area contributed by atoms with Gasteiger partial charge in [0.2, 0.25) is 0 Å². The van der Waals surface area contributed by atoms with E-state index in [1.54, 1.807) is 0 Å². The van der Waals surface area contributed by atoms with E-state index < -0.39 is 0 Å². The molecule has 39 heavy (non-hydrogen) atoms. The summed E-state index contributed by atoms with van der Waals surface area (Å²) in [6, 6.07) is 32.4. The van der Waals surface area contributed by atoms with Gasteiger partial charge in [0.25, 0.3) is 0 Å². The largest absolute Gasteiger partial charge is 0.378 e. The molecule has 7 heteroatoms. The van der Waals surface area contributed by atoms with Crippen LogP contribution in [0.25, 0.3) is 11.5 Å². The fraction of sp³-hybridized carbons (Fsp3) is 0.188. The standard InChI is InChI=1S/C32H32N6O/c1-23-28-22-37(32(39)33-21-24-11-6-4-7-12-24)30(25-16-18-26(19-17-25)35(2)3)29-15-10-20-36(29)31(28)38(34-23)27-13-8-5-9-14-27/h4-20,30H,21-22H2,1-3H3,(H,33,39). The first-order chi connectivity index (χ1) is 19.0. The number of aromatic nitrogens is 3. The number of fused-ring (bicyclic) bond motifs is 3. The maximum atomic E-state index is 14.0. The van der Waals surface area contributed by atoms with Crippen LogP contribution in [0.1, 0.15) is 34.1 Å². The summed E-state index contributed by atoms with van der Waals surface area (Å²) in [6.07, 6.45) is 2.07. The Morgan fingerprint density at radius 2 is 1.62 bits per heavy atom. The molecule has 1 atom stereocenters. The number of carbonyl (C=O) groups excluding carboxylic acids is 1. The van der Waals surface area contributed by atoms with Gasteiger partial charge in [-0.2, -0.15) is 5.10 Å². The number of nitrogens with one attached hydrogen (secondary N) is 1. The molecule has 1 unspecified atom stereocenters. The minimum Gasteiger partial charge on any atom is -0.378 e. The first-order valence-corrected chi connectivity index (χ1v) is 13.2. The Kier molecular flexibility index (Phi) is 6.40. The van der Waals surface area contributed by atoms with Crippen LogP contribution >= 0.6 is 0 Å². The summed E-state index contributed by atoms with van der Waals surface area (Å²) in [4.78, 5) is 18.0. The van der Waals surface area contributed by atoms with E-state index in [2.05, 4.69) is 63.4 Å². The molecular weight excluding hydrogens is 484 g/mol. The molecule has 5 aromatic rings. The van der Waals surface area contributed by atoms with Gasteiger partial charge in [0.15, 0.2) is 0 Å². The summed E-state index contributed by atoms with van der Waals surface area (Å²) in [5.41, 5.74) is 7.15. The molecule has 0 aliphatic carbocycles. The Morgan fingerprint density at radius 3 is 2.31 bits per heavy atom. The molecule has 0 spiro atoms. The van der Waals surface area contributed by atoms with Gasteiger partial charge < -0.3 is 19.7 Å². The Bertz CT molecular complexity index is 1590. The number of amides is 2. The normalized spacial score (nSPS) is 14.3. The molecule has 6 rings (SSSR count). The monoisotopic (exact) mass is 516 g/mol. The Balaban J connectivity index is 1.48. The molecule has 1 N–H and O–H groups in total. The summed E-state index contributed by atoms with van der Waals surface area (Å²) in [7, 11) is 4.06. The molecule has 1 aliphatic heterocycles. The van der Waals surface area contributed by atoms with Gasteiger partial charge >= 0.3 is 6.03 Å². The number of rotatable bonds is 5. The lowest BCUT2D eigenvalue weighted by Crippen LogP contribution is -2.41. The van der Waals surface area contributed by atoms with Crippen molar-refractivity contribution in [1.82, 2.24) is 24.6 Å². The Morgan fingerprint density at radius 1 is 0.923 bits per heavy atom. The van der Waals surface area contributed by atoms with Gasteiger partial charge in [-0.25, -0.2) is 9.48 Å². The molecule has 3 aromatic carbocycles. The molecule has 0 fully saturated rings. The molecule has 7 nitrogen and oxygen atoms in total. The maximum Gasteiger partial charge on any atom is 0.318 e. The fourth-order valence-electron chi connectivity index (χ4n) is 5.33. The summed E-state index contributed by atoms with van der Waals surface area (Å²) in [5.74, 6) is 0.965. The lowest BCUT2D eigenvalue weighted by molar-refractivity contribution is 0.180. The topological polar surface area (TPSA) is 58.3 Å². The summed E-state index contributed by atoms with van der Waals surface area (Å²) < 4.78 is 4.18. The predicted octanol–water partition coefficient (Wildman–Crippen LogP) is 5.85. The number of hydrogen-bond acceptors (Lipinski definition) is 3. The van der Waals surface area contributed by atoms with Gasteiger partial charge in [0.1, 0.15) is 5.82 Å². The highest BCUT2D eigenvalue weighted by Crippen LogP contribution is 2.38. The molecule has 0 saturated carbocycles. The Labute approximate surface area is 228 Å². The lowest BCUT2D eigenvalue weighted by Gasteiger charge is -2.31. The van der Waals surface area contributed by atoms with Crippen LogP contribution in [-0.4, -0.2) is 39.4 Å². The van der Waals surface area contributed by atoms with Crippen molar-refractivity contribution in [3.8, 4) is 11.5 Å². The number of hydrogen-bond donors (Lipinski definition) is 1. The number of aryl methyl sites for hydroxylation is 1. The van der Waals surface area contributed by atoms with Crippen molar-refractivity contribution in [3.63, 3.8) is 0 Å². The van der Waals surface area contributed by atoms with Crippen molar-refractivity contribution in [2.75, 3.05) is 19.0 Å². The van der Waals surface area contributed by atoms with Crippen LogP contribution < -0.4 is 10.2 Å². The van der Waals surface area contributed by atoms with E-state index in [0.29, 0.717) is 13.1 Å². The van der Waals surface area contributed by atoms with Gasteiger partial charge in [-0.05, 0) is 54.4 Å². The minimum absolute atomic E-state index is 0.118. The predicted molar refractivity (Wildman–Crippen MR) is 154 cm³/mol. The average Bonchev–Trinajstić information content (AvgIpc) is 3.53. The second-order valence-corrected chi connectivity index (χ2v) is 10.1. The quantitative estimate of drug-likeness (QED) is 0.319. The van der Waals surface area contributed by atoms with Crippen LogP contribution in [0.4, 0.5) is 10.5 Å². The van der Waals surface area contributed by atoms with Crippen LogP contribution in [0.5, 0.6) is 0 Å². The van der Waals surface area contributed by atoms with Crippen molar-refractivity contribution >= 4 is 11.7 Å².